The summed E-state index contributed by atoms with van der Waals surface area (Å²) < 4.78 is 5.74. The molecule has 2 aliphatic heterocycles. The first-order valence-electron chi connectivity index (χ1n) is 9.80. The number of nitrogens with zero attached hydrogens (tertiary/aromatic N) is 4. The Bertz CT molecular complexity index is 804. The lowest BCUT2D eigenvalue weighted by molar-refractivity contribution is -0.130. The van der Waals surface area contributed by atoms with Crippen LogP contribution in [-0.4, -0.2) is 70.0 Å². The minimum absolute atomic E-state index is 0. The van der Waals surface area contributed by atoms with Crippen LogP contribution in [0.5, 0.6) is 0 Å². The number of rotatable bonds is 6. The van der Waals surface area contributed by atoms with E-state index in [1.165, 1.54) is 10.1 Å². The smallest absolute Gasteiger partial charge is 0.238 e. The van der Waals surface area contributed by atoms with E-state index in [9.17, 15) is 4.79 Å². The number of carbonyl (C=O) groups is 1. The second-order valence-electron chi connectivity index (χ2n) is 7.89. The number of benzene rings is 1. The van der Waals surface area contributed by atoms with Crippen molar-refractivity contribution in [3.63, 3.8) is 0 Å². The van der Waals surface area contributed by atoms with E-state index < -0.39 is 0 Å². The third-order valence-corrected chi connectivity index (χ3v) is 7.72. The number of amides is 1. The minimum Gasteiger partial charge on any atom is -0.353 e. The Kier molecular flexibility index (Phi) is 7.12. The van der Waals surface area contributed by atoms with Gasteiger partial charge in [0.1, 0.15) is 5.82 Å². The number of hydrogen-bond acceptors (Lipinski definition) is 6. The molecular weight excluding hydrogens is 412 g/mol. The fourth-order valence-corrected chi connectivity index (χ4v) is 5.60. The summed E-state index contributed by atoms with van der Waals surface area (Å²) in [4.78, 5) is 19.3. The standard InChI is InChI=1S/C20H28N4OS2.ClH/c1-20(2)19(25)24(15-26-20)10-6-5-9-22-11-13-23(14-12-22)18-16-7-3-4-8-17(16)27-21-18;/h3-4,7-8H,5-6,9-15H2,1-2H3;1H. The summed E-state index contributed by atoms with van der Waals surface area (Å²) in [7, 11) is 0. The topological polar surface area (TPSA) is 39.7 Å². The Labute approximate surface area is 182 Å². The van der Waals surface area contributed by atoms with Gasteiger partial charge >= 0.3 is 0 Å². The van der Waals surface area contributed by atoms with Gasteiger partial charge in [0.15, 0.2) is 0 Å². The fourth-order valence-electron chi connectivity index (χ4n) is 3.83. The predicted octanol–water partition coefficient (Wildman–Crippen LogP) is 3.93. The SMILES string of the molecule is CC1(C)SCN(CCCCN2CCN(c3nsc4ccccc34)CC2)C1=O.Cl. The second-order valence-corrected chi connectivity index (χ2v) is 10.3. The zero-order valence-corrected chi connectivity index (χ0v) is 19.0. The molecule has 0 atom stereocenters. The van der Waals surface area contributed by atoms with E-state index in [-0.39, 0.29) is 17.2 Å². The van der Waals surface area contributed by atoms with Crippen LogP contribution in [0.3, 0.4) is 0 Å². The molecule has 154 valence electrons. The number of unbranched alkanes of at least 4 members (excludes halogenated alkanes) is 1. The highest BCUT2D eigenvalue weighted by Crippen LogP contribution is 2.34. The summed E-state index contributed by atoms with van der Waals surface area (Å²) in [5, 5.41) is 1.28. The van der Waals surface area contributed by atoms with E-state index in [1.54, 1.807) is 23.3 Å². The molecule has 8 heteroatoms. The number of anilines is 1. The van der Waals surface area contributed by atoms with Crippen molar-refractivity contribution in [3.8, 4) is 0 Å². The number of aromatic nitrogens is 1. The van der Waals surface area contributed by atoms with E-state index in [0.717, 1.165) is 63.8 Å². The molecule has 28 heavy (non-hydrogen) atoms. The number of hydrogen-bond donors (Lipinski definition) is 0. The lowest BCUT2D eigenvalue weighted by atomic mass is 10.1. The van der Waals surface area contributed by atoms with Crippen molar-refractivity contribution in [2.24, 2.45) is 0 Å². The van der Waals surface area contributed by atoms with E-state index in [0.29, 0.717) is 5.91 Å². The lowest BCUT2D eigenvalue weighted by Gasteiger charge is -2.35. The van der Waals surface area contributed by atoms with Gasteiger partial charge in [-0.1, -0.05) is 12.1 Å². The van der Waals surface area contributed by atoms with Gasteiger partial charge in [0.2, 0.25) is 5.91 Å². The lowest BCUT2D eigenvalue weighted by Crippen LogP contribution is -2.46. The van der Waals surface area contributed by atoms with Crippen molar-refractivity contribution >= 4 is 57.5 Å². The van der Waals surface area contributed by atoms with Crippen LogP contribution >= 0.6 is 35.7 Å². The zero-order chi connectivity index (χ0) is 18.9. The Morgan fingerprint density at radius 1 is 1.07 bits per heavy atom. The number of thioether (sulfide) groups is 1. The van der Waals surface area contributed by atoms with Gasteiger partial charge in [-0.25, -0.2) is 0 Å². The summed E-state index contributed by atoms with van der Waals surface area (Å²) in [6, 6.07) is 8.51. The highest BCUT2D eigenvalue weighted by Gasteiger charge is 2.38. The molecule has 5 nitrogen and oxygen atoms in total. The van der Waals surface area contributed by atoms with Crippen molar-refractivity contribution in [1.29, 1.82) is 0 Å². The van der Waals surface area contributed by atoms with Gasteiger partial charge in [0, 0.05) is 38.1 Å². The average Bonchev–Trinajstić information content (AvgIpc) is 3.21. The molecule has 2 aliphatic rings. The van der Waals surface area contributed by atoms with Crippen LogP contribution in [0.15, 0.2) is 24.3 Å². The fraction of sp³-hybridized carbons (Fsp3) is 0.600. The first kappa shape index (κ1) is 21.7. The summed E-state index contributed by atoms with van der Waals surface area (Å²) in [5.41, 5.74) is 0. The maximum Gasteiger partial charge on any atom is 0.238 e. The largest absolute Gasteiger partial charge is 0.353 e. The molecule has 2 fully saturated rings. The molecule has 0 unspecified atom stereocenters. The maximum absolute atomic E-state index is 12.2. The second kappa shape index (κ2) is 9.20. The molecule has 3 heterocycles. The molecule has 4 rings (SSSR count). The first-order valence-corrected chi connectivity index (χ1v) is 11.6. The van der Waals surface area contributed by atoms with Gasteiger partial charge < -0.3 is 9.80 Å². The quantitative estimate of drug-likeness (QED) is 0.636. The van der Waals surface area contributed by atoms with E-state index >= 15 is 0 Å². The molecule has 2 saturated heterocycles. The molecule has 1 aromatic heterocycles. The van der Waals surface area contributed by atoms with Crippen LogP contribution in [0.2, 0.25) is 0 Å². The van der Waals surface area contributed by atoms with Crippen molar-refractivity contribution in [1.82, 2.24) is 14.2 Å². The molecule has 1 aromatic carbocycles. The van der Waals surface area contributed by atoms with E-state index in [1.807, 2.05) is 18.7 Å². The normalized spacial score (nSPS) is 20.0. The zero-order valence-electron chi connectivity index (χ0n) is 16.6. The van der Waals surface area contributed by atoms with Crippen molar-refractivity contribution < 1.29 is 4.79 Å². The van der Waals surface area contributed by atoms with Crippen molar-refractivity contribution in [2.75, 3.05) is 50.0 Å². The van der Waals surface area contributed by atoms with E-state index in [4.69, 9.17) is 4.37 Å². The highest BCUT2D eigenvalue weighted by atomic mass is 35.5. The molecule has 2 aromatic rings. The van der Waals surface area contributed by atoms with Crippen LogP contribution < -0.4 is 4.90 Å². The first-order chi connectivity index (χ1) is 13.0. The van der Waals surface area contributed by atoms with Crippen molar-refractivity contribution in [3.05, 3.63) is 24.3 Å². The molecule has 0 aliphatic carbocycles. The van der Waals surface area contributed by atoms with Crippen LogP contribution in [-0.2, 0) is 4.79 Å². The van der Waals surface area contributed by atoms with Gasteiger partial charge in [0.05, 0.1) is 15.3 Å². The Hall–Kier alpha value is -1.02. The number of fused-ring (bicyclic) bond motifs is 1. The van der Waals surface area contributed by atoms with Crippen LogP contribution in [0.4, 0.5) is 5.82 Å². The third-order valence-electron chi connectivity index (χ3n) is 5.57. The Balaban J connectivity index is 0.00000225. The van der Waals surface area contributed by atoms with Crippen LogP contribution in [0, 0.1) is 0 Å². The average molecular weight is 441 g/mol. The van der Waals surface area contributed by atoms with E-state index in [2.05, 4.69) is 34.1 Å². The summed E-state index contributed by atoms with van der Waals surface area (Å²) >= 11 is 3.35. The number of piperazine rings is 1. The monoisotopic (exact) mass is 440 g/mol. The maximum atomic E-state index is 12.2. The van der Waals surface area contributed by atoms with Gasteiger partial charge in [-0.15, -0.1) is 24.2 Å². The summed E-state index contributed by atoms with van der Waals surface area (Å²) in [5.74, 6) is 2.31. The molecular formula is C20H29ClN4OS2. The van der Waals surface area contributed by atoms with Gasteiger partial charge in [-0.3, -0.25) is 9.69 Å². The summed E-state index contributed by atoms with van der Waals surface area (Å²) in [6.07, 6.45) is 2.26. The highest BCUT2D eigenvalue weighted by molar-refractivity contribution is 8.01. The van der Waals surface area contributed by atoms with Crippen molar-refractivity contribution in [2.45, 2.75) is 31.4 Å². The number of halogens is 1. The van der Waals surface area contributed by atoms with Gasteiger partial charge in [0.25, 0.3) is 0 Å². The molecule has 0 N–H and O–H groups in total. The Morgan fingerprint density at radius 3 is 2.50 bits per heavy atom. The number of carbonyl (C=O) groups excluding carboxylic acids is 1. The van der Waals surface area contributed by atoms with Crippen LogP contribution in [0.25, 0.3) is 10.1 Å². The van der Waals surface area contributed by atoms with Gasteiger partial charge in [-0.05, 0) is 56.9 Å². The molecule has 0 radical (unpaired) electrons. The molecule has 1 amide bonds. The Morgan fingerprint density at radius 2 is 1.79 bits per heavy atom. The summed E-state index contributed by atoms with van der Waals surface area (Å²) in [6.45, 7) is 10.4. The van der Waals surface area contributed by atoms with Gasteiger partial charge in [-0.2, -0.15) is 4.37 Å². The molecule has 0 spiro atoms. The van der Waals surface area contributed by atoms with Crippen LogP contribution in [0.1, 0.15) is 26.7 Å². The minimum atomic E-state index is -0.226. The molecule has 0 saturated carbocycles. The molecule has 0 bridgehead atoms. The predicted molar refractivity (Wildman–Crippen MR) is 123 cm³/mol. The third kappa shape index (κ3) is 4.58.